The fraction of sp³-hybridized carbons (Fsp3) is 0.409. The van der Waals surface area contributed by atoms with Gasteiger partial charge in [-0.05, 0) is 43.2 Å². The van der Waals surface area contributed by atoms with Gasteiger partial charge in [-0.1, -0.05) is 0 Å². The summed E-state index contributed by atoms with van der Waals surface area (Å²) in [6, 6.07) is 8.56. The molecular formula is C22H26FN5O3. The average Bonchev–Trinajstić information content (AvgIpc) is 3.15. The molecule has 2 N–H and O–H groups in total. The third kappa shape index (κ3) is 4.32. The summed E-state index contributed by atoms with van der Waals surface area (Å²) < 4.78 is 20.1. The van der Waals surface area contributed by atoms with Crippen molar-refractivity contribution in [3.63, 3.8) is 0 Å². The number of nitrogens with two attached hydrogens (primary N) is 1. The van der Waals surface area contributed by atoms with Crippen LogP contribution in [-0.4, -0.2) is 60.8 Å². The second-order valence-corrected chi connectivity index (χ2v) is 7.97. The van der Waals surface area contributed by atoms with Gasteiger partial charge in [0.15, 0.2) is 6.23 Å². The highest BCUT2D eigenvalue weighted by Gasteiger charge is 2.36. The van der Waals surface area contributed by atoms with Gasteiger partial charge in [-0.15, -0.1) is 0 Å². The molecule has 2 fully saturated rings. The SMILES string of the molecule is CC(=O)N(C)C1CN(c2ccc(-c3ccc(N4CCC(N)CC4)nc3)c(F)c2)C(=O)O1. The van der Waals surface area contributed by atoms with Gasteiger partial charge in [0.2, 0.25) is 5.91 Å². The fourth-order valence-corrected chi connectivity index (χ4v) is 3.83. The Balaban J connectivity index is 1.49. The summed E-state index contributed by atoms with van der Waals surface area (Å²) in [7, 11) is 1.56. The number of aromatic nitrogens is 1. The molecule has 164 valence electrons. The lowest BCUT2D eigenvalue weighted by molar-refractivity contribution is -0.134. The number of hydrogen-bond donors (Lipinski definition) is 1. The van der Waals surface area contributed by atoms with Crippen LogP contribution in [0.4, 0.5) is 20.7 Å². The van der Waals surface area contributed by atoms with E-state index in [4.69, 9.17) is 10.5 Å². The molecule has 0 aliphatic carbocycles. The fourth-order valence-electron chi connectivity index (χ4n) is 3.83. The van der Waals surface area contributed by atoms with Crippen LogP contribution in [0.1, 0.15) is 19.8 Å². The molecule has 0 radical (unpaired) electrons. The molecule has 1 aromatic carbocycles. The summed E-state index contributed by atoms with van der Waals surface area (Å²) in [4.78, 5) is 33.1. The number of ether oxygens (including phenoxy) is 1. The van der Waals surface area contributed by atoms with Crippen LogP contribution in [0.25, 0.3) is 11.1 Å². The number of carbonyl (C=O) groups excluding carboxylic acids is 2. The van der Waals surface area contributed by atoms with E-state index in [1.54, 1.807) is 25.4 Å². The number of benzene rings is 1. The van der Waals surface area contributed by atoms with Gasteiger partial charge in [0.1, 0.15) is 11.6 Å². The first-order chi connectivity index (χ1) is 14.8. The second-order valence-electron chi connectivity index (χ2n) is 7.97. The van der Waals surface area contributed by atoms with Crippen molar-refractivity contribution in [2.45, 2.75) is 32.0 Å². The smallest absolute Gasteiger partial charge is 0.416 e. The Bertz CT molecular complexity index is 976. The van der Waals surface area contributed by atoms with Crippen molar-refractivity contribution < 1.29 is 18.7 Å². The molecule has 31 heavy (non-hydrogen) atoms. The summed E-state index contributed by atoms with van der Waals surface area (Å²) in [5.41, 5.74) is 7.38. The number of likely N-dealkylation sites (N-methyl/N-ethyl adjacent to an activating group) is 1. The van der Waals surface area contributed by atoms with Gasteiger partial charge in [0.25, 0.3) is 0 Å². The predicted octanol–water partition coefficient (Wildman–Crippen LogP) is 2.58. The van der Waals surface area contributed by atoms with Crippen molar-refractivity contribution in [3.8, 4) is 11.1 Å². The molecule has 1 unspecified atom stereocenters. The van der Waals surface area contributed by atoms with Crippen molar-refractivity contribution in [1.29, 1.82) is 0 Å². The highest BCUT2D eigenvalue weighted by molar-refractivity contribution is 5.90. The third-order valence-corrected chi connectivity index (χ3v) is 5.91. The molecule has 2 amide bonds. The van der Waals surface area contributed by atoms with E-state index in [0.717, 1.165) is 31.7 Å². The number of hydrogen-bond acceptors (Lipinski definition) is 6. The molecule has 1 aromatic heterocycles. The third-order valence-electron chi connectivity index (χ3n) is 5.91. The van der Waals surface area contributed by atoms with E-state index >= 15 is 0 Å². The highest BCUT2D eigenvalue weighted by Crippen LogP contribution is 2.30. The Hall–Kier alpha value is -3.20. The Morgan fingerprint density at radius 2 is 2.00 bits per heavy atom. The lowest BCUT2D eigenvalue weighted by Crippen LogP contribution is -2.40. The van der Waals surface area contributed by atoms with E-state index in [9.17, 15) is 14.0 Å². The minimum absolute atomic E-state index is 0.142. The van der Waals surface area contributed by atoms with Gasteiger partial charge in [0, 0.05) is 50.4 Å². The van der Waals surface area contributed by atoms with E-state index in [2.05, 4.69) is 9.88 Å². The van der Waals surface area contributed by atoms with Crippen LogP contribution >= 0.6 is 0 Å². The minimum Gasteiger partial charge on any atom is -0.423 e. The second kappa shape index (κ2) is 8.50. The lowest BCUT2D eigenvalue weighted by Gasteiger charge is -2.31. The van der Waals surface area contributed by atoms with Crippen LogP contribution in [0.2, 0.25) is 0 Å². The largest absolute Gasteiger partial charge is 0.423 e. The zero-order chi connectivity index (χ0) is 22.1. The maximum absolute atomic E-state index is 14.9. The molecule has 2 aliphatic heterocycles. The zero-order valence-electron chi connectivity index (χ0n) is 17.6. The molecule has 0 saturated carbocycles. The normalized spacial score (nSPS) is 19.5. The number of halogens is 1. The first kappa shape index (κ1) is 21.0. The Labute approximate surface area is 180 Å². The van der Waals surface area contributed by atoms with E-state index in [0.29, 0.717) is 16.8 Å². The van der Waals surface area contributed by atoms with E-state index in [1.807, 2.05) is 12.1 Å². The number of nitrogens with zero attached hydrogens (tertiary/aromatic N) is 4. The number of anilines is 2. The molecule has 2 saturated heterocycles. The van der Waals surface area contributed by atoms with E-state index in [1.165, 1.54) is 22.8 Å². The number of amides is 2. The zero-order valence-corrected chi connectivity index (χ0v) is 17.6. The van der Waals surface area contributed by atoms with Crippen molar-refractivity contribution in [3.05, 3.63) is 42.3 Å². The van der Waals surface area contributed by atoms with Gasteiger partial charge >= 0.3 is 6.09 Å². The predicted molar refractivity (Wildman–Crippen MR) is 115 cm³/mol. The Morgan fingerprint density at radius 3 is 2.61 bits per heavy atom. The summed E-state index contributed by atoms with van der Waals surface area (Å²) in [6.07, 6.45) is 2.21. The topological polar surface area (TPSA) is 92.0 Å². The van der Waals surface area contributed by atoms with Crippen molar-refractivity contribution >= 4 is 23.5 Å². The molecule has 2 aromatic rings. The number of rotatable bonds is 4. The first-order valence-electron chi connectivity index (χ1n) is 10.3. The van der Waals surface area contributed by atoms with Crippen molar-refractivity contribution in [2.75, 3.05) is 36.5 Å². The van der Waals surface area contributed by atoms with E-state index < -0.39 is 18.1 Å². The highest BCUT2D eigenvalue weighted by atomic mass is 19.1. The van der Waals surface area contributed by atoms with Crippen molar-refractivity contribution in [1.82, 2.24) is 9.88 Å². The Morgan fingerprint density at radius 1 is 1.26 bits per heavy atom. The van der Waals surface area contributed by atoms with Crippen LogP contribution in [0.15, 0.2) is 36.5 Å². The monoisotopic (exact) mass is 427 g/mol. The van der Waals surface area contributed by atoms with Gasteiger partial charge in [-0.25, -0.2) is 14.2 Å². The maximum Gasteiger partial charge on any atom is 0.416 e. The number of pyridine rings is 1. The van der Waals surface area contributed by atoms with Gasteiger partial charge < -0.3 is 20.3 Å². The van der Waals surface area contributed by atoms with Gasteiger partial charge in [0.05, 0.1) is 12.2 Å². The molecule has 9 heteroatoms. The van der Waals surface area contributed by atoms with Crippen LogP contribution in [-0.2, 0) is 9.53 Å². The van der Waals surface area contributed by atoms with Crippen LogP contribution in [0.3, 0.4) is 0 Å². The van der Waals surface area contributed by atoms with Gasteiger partial charge in [-0.3, -0.25) is 9.69 Å². The molecular weight excluding hydrogens is 401 g/mol. The number of cyclic esters (lactones) is 1. The lowest BCUT2D eigenvalue weighted by atomic mass is 10.0. The number of carbonyl (C=O) groups is 2. The molecule has 1 atom stereocenters. The standard InChI is InChI=1S/C22H26FN5O3/c1-14(29)26(2)21-13-28(22(30)31-21)17-4-5-18(19(23)11-17)15-3-6-20(25-12-15)27-9-7-16(24)8-10-27/h3-6,11-12,16,21H,7-10,13,24H2,1-2H3. The van der Waals surface area contributed by atoms with Crippen molar-refractivity contribution in [2.24, 2.45) is 5.73 Å². The maximum atomic E-state index is 14.9. The molecule has 8 nitrogen and oxygen atoms in total. The molecule has 0 spiro atoms. The van der Waals surface area contributed by atoms with Crippen LogP contribution in [0, 0.1) is 5.82 Å². The minimum atomic E-state index is -0.700. The van der Waals surface area contributed by atoms with Gasteiger partial charge in [-0.2, -0.15) is 0 Å². The Kier molecular flexibility index (Phi) is 5.77. The quantitative estimate of drug-likeness (QED) is 0.806. The molecule has 3 heterocycles. The summed E-state index contributed by atoms with van der Waals surface area (Å²) in [6.45, 7) is 3.26. The summed E-state index contributed by atoms with van der Waals surface area (Å²) in [5.74, 6) is 0.171. The summed E-state index contributed by atoms with van der Waals surface area (Å²) in [5, 5.41) is 0. The van der Waals surface area contributed by atoms with Crippen LogP contribution in [0.5, 0.6) is 0 Å². The van der Waals surface area contributed by atoms with E-state index in [-0.39, 0.29) is 18.5 Å². The average molecular weight is 427 g/mol. The summed E-state index contributed by atoms with van der Waals surface area (Å²) >= 11 is 0. The van der Waals surface area contributed by atoms with Crippen LogP contribution < -0.4 is 15.5 Å². The molecule has 0 bridgehead atoms. The molecule has 2 aliphatic rings. The molecule has 4 rings (SSSR count). The first-order valence-corrected chi connectivity index (χ1v) is 10.3. The number of piperidine rings is 1.